The highest BCUT2D eigenvalue weighted by atomic mass is 15.2. The van der Waals surface area contributed by atoms with E-state index in [4.69, 9.17) is 0 Å². The van der Waals surface area contributed by atoms with Crippen molar-refractivity contribution in [1.82, 2.24) is 16.0 Å². The van der Waals surface area contributed by atoms with Crippen LogP contribution in [0.4, 0.5) is 0 Å². The third-order valence-electron chi connectivity index (χ3n) is 2.60. The summed E-state index contributed by atoms with van der Waals surface area (Å²) in [6.45, 7) is 4.08. The van der Waals surface area contributed by atoms with Crippen molar-refractivity contribution in [3.05, 3.63) is 0 Å². The number of aliphatic imine (C=N–C) groups is 1. The molecule has 0 bridgehead atoms. The van der Waals surface area contributed by atoms with E-state index in [1.807, 2.05) is 0 Å². The summed E-state index contributed by atoms with van der Waals surface area (Å²) in [4.78, 5) is 4.29. The van der Waals surface area contributed by atoms with Crippen LogP contribution < -0.4 is 16.0 Å². The van der Waals surface area contributed by atoms with Crippen molar-refractivity contribution in [2.75, 3.05) is 26.2 Å². The molecule has 0 amide bonds. The van der Waals surface area contributed by atoms with Crippen LogP contribution in [-0.2, 0) is 0 Å². The van der Waals surface area contributed by atoms with Crippen molar-refractivity contribution in [3.8, 4) is 0 Å². The second kappa shape index (κ2) is 4.46. The van der Waals surface area contributed by atoms with Gasteiger partial charge in [0, 0.05) is 19.1 Å². The minimum atomic E-state index is 0.638. The molecule has 4 heteroatoms. The Balaban J connectivity index is 1.66. The molecular formula is C9H18N4. The lowest BCUT2D eigenvalue weighted by Gasteiger charge is -2.23. The molecule has 74 valence electrons. The third-order valence-corrected chi connectivity index (χ3v) is 2.60. The molecule has 0 aromatic heterocycles. The fourth-order valence-electron chi connectivity index (χ4n) is 1.83. The van der Waals surface area contributed by atoms with Gasteiger partial charge in [-0.3, -0.25) is 4.99 Å². The minimum absolute atomic E-state index is 0.638. The summed E-state index contributed by atoms with van der Waals surface area (Å²) in [6.07, 6.45) is 3.98. The molecule has 0 radical (unpaired) electrons. The van der Waals surface area contributed by atoms with Crippen LogP contribution in [0.25, 0.3) is 0 Å². The molecule has 2 aliphatic heterocycles. The third kappa shape index (κ3) is 2.59. The van der Waals surface area contributed by atoms with Gasteiger partial charge in [0.15, 0.2) is 5.96 Å². The molecule has 2 rings (SSSR count). The van der Waals surface area contributed by atoms with Crippen molar-refractivity contribution in [2.45, 2.75) is 25.3 Å². The van der Waals surface area contributed by atoms with Crippen LogP contribution in [0.5, 0.6) is 0 Å². The molecule has 0 aromatic carbocycles. The molecule has 1 saturated heterocycles. The first-order valence-corrected chi connectivity index (χ1v) is 5.21. The Bertz CT molecular complexity index is 184. The Morgan fingerprint density at radius 3 is 3.08 bits per heavy atom. The zero-order valence-electron chi connectivity index (χ0n) is 7.97. The Hall–Kier alpha value is -0.770. The highest BCUT2D eigenvalue weighted by molar-refractivity contribution is 5.81. The number of guanidine groups is 1. The number of nitrogens with zero attached hydrogens (tertiary/aromatic N) is 1. The van der Waals surface area contributed by atoms with Gasteiger partial charge in [0.1, 0.15) is 0 Å². The highest BCUT2D eigenvalue weighted by Gasteiger charge is 2.13. The zero-order chi connectivity index (χ0) is 8.93. The summed E-state index contributed by atoms with van der Waals surface area (Å²) < 4.78 is 0. The summed E-state index contributed by atoms with van der Waals surface area (Å²) in [7, 11) is 0. The number of nitrogens with one attached hydrogen (secondary N) is 3. The van der Waals surface area contributed by atoms with Crippen LogP contribution in [0.2, 0.25) is 0 Å². The van der Waals surface area contributed by atoms with Crippen molar-refractivity contribution >= 4 is 5.96 Å². The van der Waals surface area contributed by atoms with Gasteiger partial charge in [-0.15, -0.1) is 0 Å². The lowest BCUT2D eigenvalue weighted by molar-refractivity contribution is 0.398. The molecule has 3 N–H and O–H groups in total. The molecule has 4 nitrogen and oxygen atoms in total. The molecule has 1 fully saturated rings. The van der Waals surface area contributed by atoms with Gasteiger partial charge in [-0.1, -0.05) is 6.42 Å². The summed E-state index contributed by atoms with van der Waals surface area (Å²) in [5, 5.41) is 10.0. The highest BCUT2D eigenvalue weighted by Crippen LogP contribution is 2.05. The largest absolute Gasteiger partial charge is 0.355 e. The fraction of sp³-hybridized carbons (Fsp3) is 0.889. The monoisotopic (exact) mass is 182 g/mol. The van der Waals surface area contributed by atoms with Crippen LogP contribution in [0, 0.1) is 0 Å². The van der Waals surface area contributed by atoms with Crippen molar-refractivity contribution in [1.29, 1.82) is 0 Å². The Labute approximate surface area is 79.2 Å². The summed E-state index contributed by atoms with van der Waals surface area (Å²) in [5.74, 6) is 0.979. The summed E-state index contributed by atoms with van der Waals surface area (Å²) in [5.41, 5.74) is 0. The maximum absolute atomic E-state index is 4.29. The Morgan fingerprint density at radius 2 is 2.38 bits per heavy atom. The first-order valence-electron chi connectivity index (χ1n) is 5.21. The van der Waals surface area contributed by atoms with Crippen molar-refractivity contribution in [2.24, 2.45) is 4.99 Å². The second-order valence-corrected chi connectivity index (χ2v) is 3.68. The molecule has 0 aromatic rings. The van der Waals surface area contributed by atoms with Gasteiger partial charge < -0.3 is 16.0 Å². The maximum atomic E-state index is 4.29. The van der Waals surface area contributed by atoms with Crippen LogP contribution in [-0.4, -0.2) is 38.2 Å². The SMILES string of the molecule is C1CCC(CNC2=NCCN2)NC1. The Morgan fingerprint density at radius 1 is 1.38 bits per heavy atom. The van der Waals surface area contributed by atoms with Gasteiger partial charge >= 0.3 is 0 Å². The predicted octanol–water partition coefficient (Wildman–Crippen LogP) is -0.323. The van der Waals surface area contributed by atoms with E-state index >= 15 is 0 Å². The quantitative estimate of drug-likeness (QED) is 0.548. The number of hydrogen-bond acceptors (Lipinski definition) is 4. The number of rotatable bonds is 2. The average Bonchev–Trinajstić information content (AvgIpc) is 2.69. The van der Waals surface area contributed by atoms with Gasteiger partial charge in [0.25, 0.3) is 0 Å². The van der Waals surface area contributed by atoms with E-state index in [0.717, 1.165) is 25.6 Å². The van der Waals surface area contributed by atoms with Gasteiger partial charge in [-0.25, -0.2) is 0 Å². The lowest BCUT2D eigenvalue weighted by atomic mass is 10.1. The van der Waals surface area contributed by atoms with E-state index in [-0.39, 0.29) is 0 Å². The van der Waals surface area contributed by atoms with E-state index in [1.165, 1.54) is 25.8 Å². The fourth-order valence-corrected chi connectivity index (χ4v) is 1.83. The van der Waals surface area contributed by atoms with Gasteiger partial charge in [-0.05, 0) is 19.4 Å². The minimum Gasteiger partial charge on any atom is -0.355 e. The number of piperidine rings is 1. The normalized spacial score (nSPS) is 28.0. The second-order valence-electron chi connectivity index (χ2n) is 3.68. The molecule has 0 spiro atoms. The molecule has 1 unspecified atom stereocenters. The standard InChI is InChI=1S/C9H18N4/c1-2-4-10-8(3-1)7-13-9-11-5-6-12-9/h8,10H,1-7H2,(H2,11,12,13). The van der Waals surface area contributed by atoms with Crippen LogP contribution in [0.15, 0.2) is 4.99 Å². The zero-order valence-corrected chi connectivity index (χ0v) is 7.97. The van der Waals surface area contributed by atoms with Gasteiger partial charge in [0.05, 0.1) is 6.54 Å². The van der Waals surface area contributed by atoms with Crippen LogP contribution >= 0.6 is 0 Å². The van der Waals surface area contributed by atoms with Gasteiger partial charge in [-0.2, -0.15) is 0 Å². The van der Waals surface area contributed by atoms with Crippen molar-refractivity contribution in [3.63, 3.8) is 0 Å². The van der Waals surface area contributed by atoms with E-state index < -0.39 is 0 Å². The van der Waals surface area contributed by atoms with E-state index in [9.17, 15) is 0 Å². The van der Waals surface area contributed by atoms with E-state index in [1.54, 1.807) is 0 Å². The number of hydrogen-bond donors (Lipinski definition) is 3. The predicted molar refractivity (Wildman–Crippen MR) is 53.9 cm³/mol. The van der Waals surface area contributed by atoms with E-state index in [0.29, 0.717) is 6.04 Å². The molecule has 1 atom stereocenters. The average molecular weight is 182 g/mol. The molecule has 2 aliphatic rings. The maximum Gasteiger partial charge on any atom is 0.191 e. The molecule has 13 heavy (non-hydrogen) atoms. The lowest BCUT2D eigenvalue weighted by Crippen LogP contribution is -2.45. The van der Waals surface area contributed by atoms with Gasteiger partial charge in [0.2, 0.25) is 0 Å². The topological polar surface area (TPSA) is 48.5 Å². The molecule has 2 heterocycles. The van der Waals surface area contributed by atoms with Crippen LogP contribution in [0.3, 0.4) is 0 Å². The first kappa shape index (κ1) is 8.81. The summed E-state index contributed by atoms with van der Waals surface area (Å²) in [6, 6.07) is 0.638. The van der Waals surface area contributed by atoms with Crippen LogP contribution in [0.1, 0.15) is 19.3 Å². The molecular weight excluding hydrogens is 164 g/mol. The first-order chi connectivity index (χ1) is 6.45. The molecule has 0 aliphatic carbocycles. The van der Waals surface area contributed by atoms with Crippen molar-refractivity contribution < 1.29 is 0 Å². The Kier molecular flexibility index (Phi) is 3.02. The summed E-state index contributed by atoms with van der Waals surface area (Å²) >= 11 is 0. The molecule has 0 saturated carbocycles. The van der Waals surface area contributed by atoms with E-state index in [2.05, 4.69) is 20.9 Å². The smallest absolute Gasteiger partial charge is 0.191 e.